The Bertz CT molecular complexity index is 1110. The molecule has 5 rings (SSSR count). The van der Waals surface area contributed by atoms with Crippen molar-refractivity contribution >= 4 is 11.7 Å². The first-order valence-electron chi connectivity index (χ1n) is 12.2. The lowest BCUT2D eigenvalue weighted by atomic mass is 10.0. The monoisotopic (exact) mass is 464 g/mol. The molecule has 1 aromatic carbocycles. The highest BCUT2D eigenvalue weighted by atomic mass is 16.6. The van der Waals surface area contributed by atoms with Crippen LogP contribution in [-0.2, 0) is 16.1 Å². The van der Waals surface area contributed by atoms with Crippen LogP contribution in [0.1, 0.15) is 54.1 Å². The summed E-state index contributed by atoms with van der Waals surface area (Å²) in [6, 6.07) is 8.53. The third-order valence-electron chi connectivity index (χ3n) is 7.27. The average molecular weight is 465 g/mol. The molecule has 2 unspecified atom stereocenters. The molecule has 0 spiro atoms. The van der Waals surface area contributed by atoms with Gasteiger partial charge in [0.2, 0.25) is 5.91 Å². The highest BCUT2D eigenvalue weighted by molar-refractivity contribution is 5.93. The second kappa shape index (κ2) is 9.69. The summed E-state index contributed by atoms with van der Waals surface area (Å²) in [6.45, 7) is 7.60. The van der Waals surface area contributed by atoms with E-state index in [1.807, 2.05) is 30.5 Å². The van der Waals surface area contributed by atoms with E-state index in [1.54, 1.807) is 0 Å². The van der Waals surface area contributed by atoms with Gasteiger partial charge in [-0.15, -0.1) is 0 Å². The number of likely N-dealkylation sites (tertiary alicyclic amines) is 1. The van der Waals surface area contributed by atoms with Gasteiger partial charge in [0.1, 0.15) is 25.1 Å². The minimum absolute atomic E-state index is 0.105. The highest BCUT2D eigenvalue weighted by Crippen LogP contribution is 2.38. The van der Waals surface area contributed by atoms with E-state index in [2.05, 4.69) is 22.4 Å². The molecule has 2 atom stereocenters. The van der Waals surface area contributed by atoms with Gasteiger partial charge in [-0.25, -0.2) is 0 Å². The number of carbonyl (C=O) groups is 1. The maximum atomic E-state index is 13.2. The second-order valence-electron chi connectivity index (χ2n) is 9.37. The van der Waals surface area contributed by atoms with Gasteiger partial charge in [0, 0.05) is 18.3 Å². The predicted octanol–water partition coefficient (Wildman–Crippen LogP) is 3.70. The first kappa shape index (κ1) is 22.8. The molecule has 0 bridgehead atoms. The highest BCUT2D eigenvalue weighted by Gasteiger charge is 2.30. The number of hydrogen-bond donors (Lipinski definition) is 1. The van der Waals surface area contributed by atoms with Gasteiger partial charge in [0.15, 0.2) is 11.5 Å². The number of aromatic nitrogens is 1. The van der Waals surface area contributed by atoms with Crippen molar-refractivity contribution < 1.29 is 19.0 Å². The lowest BCUT2D eigenvalue weighted by Crippen LogP contribution is -2.34. The number of anilines is 1. The summed E-state index contributed by atoms with van der Waals surface area (Å²) < 4.78 is 19.3. The molecule has 1 aromatic heterocycles. The van der Waals surface area contributed by atoms with Crippen LogP contribution in [0.4, 0.5) is 5.82 Å². The van der Waals surface area contributed by atoms with Crippen molar-refractivity contribution in [2.24, 2.45) is 0 Å². The van der Waals surface area contributed by atoms with Gasteiger partial charge in [-0.3, -0.25) is 9.69 Å². The molecule has 8 nitrogen and oxygen atoms in total. The zero-order valence-corrected chi connectivity index (χ0v) is 19.9. The fraction of sp³-hybridized carbons (Fsp3) is 0.538. The maximum absolute atomic E-state index is 13.2. The number of rotatable bonds is 6. The van der Waals surface area contributed by atoms with E-state index in [9.17, 15) is 10.1 Å². The molecule has 34 heavy (non-hydrogen) atoms. The van der Waals surface area contributed by atoms with Crippen molar-refractivity contribution in [1.29, 1.82) is 5.26 Å². The Kier molecular flexibility index (Phi) is 6.48. The smallest absolute Gasteiger partial charge is 0.239 e. The van der Waals surface area contributed by atoms with Crippen molar-refractivity contribution in [3.63, 3.8) is 0 Å². The van der Waals surface area contributed by atoms with Gasteiger partial charge < -0.3 is 24.1 Å². The van der Waals surface area contributed by atoms with Gasteiger partial charge in [0.25, 0.3) is 0 Å². The van der Waals surface area contributed by atoms with Crippen LogP contribution < -0.4 is 14.8 Å². The lowest BCUT2D eigenvalue weighted by Gasteiger charge is -2.26. The number of fused-ring (bicyclic) bond motifs is 1. The van der Waals surface area contributed by atoms with Crippen LogP contribution in [0.3, 0.4) is 0 Å². The summed E-state index contributed by atoms with van der Waals surface area (Å²) in [5.74, 6) is 2.04. The molecular formula is C26H32N4O4. The third-order valence-corrected chi connectivity index (χ3v) is 7.27. The first-order chi connectivity index (χ1) is 16.5. The third kappa shape index (κ3) is 4.38. The molecule has 8 heteroatoms. The zero-order chi connectivity index (χ0) is 23.7. The largest absolute Gasteiger partial charge is 0.486 e. The predicted molar refractivity (Wildman–Crippen MR) is 127 cm³/mol. The summed E-state index contributed by atoms with van der Waals surface area (Å²) >= 11 is 0. The standard InChI is InChI=1S/C26H32N4O4/c1-17-18(2)30(15-20-5-4-10-32-20)26(21(17)14-27)28-25(31)16-29-9-3-6-22(29)19-7-8-23-24(13-19)34-12-11-33-23/h7-8,13,20,22H,3-6,9-12,15-16H2,1-2H3,(H,28,31). The second-order valence-corrected chi connectivity index (χ2v) is 9.37. The van der Waals surface area contributed by atoms with Crippen molar-refractivity contribution in [2.75, 3.05) is 38.2 Å². The molecule has 2 fully saturated rings. The lowest BCUT2D eigenvalue weighted by molar-refractivity contribution is -0.117. The molecule has 0 saturated carbocycles. The fourth-order valence-corrected chi connectivity index (χ4v) is 5.37. The number of ether oxygens (including phenoxy) is 3. The van der Waals surface area contributed by atoms with Crippen LogP contribution in [0.25, 0.3) is 0 Å². The fourth-order valence-electron chi connectivity index (χ4n) is 5.37. The number of carbonyl (C=O) groups excluding carboxylic acids is 1. The van der Waals surface area contributed by atoms with E-state index in [1.165, 1.54) is 0 Å². The number of nitriles is 1. The molecule has 4 heterocycles. The van der Waals surface area contributed by atoms with Gasteiger partial charge >= 0.3 is 0 Å². The average Bonchev–Trinajstić information content (AvgIpc) is 3.57. The van der Waals surface area contributed by atoms with Crippen molar-refractivity contribution in [2.45, 2.75) is 58.2 Å². The number of benzene rings is 1. The van der Waals surface area contributed by atoms with Crippen LogP contribution in [0.5, 0.6) is 11.5 Å². The zero-order valence-electron chi connectivity index (χ0n) is 19.9. The quantitative estimate of drug-likeness (QED) is 0.701. The van der Waals surface area contributed by atoms with Gasteiger partial charge in [-0.05, 0) is 69.3 Å². The number of amides is 1. The Labute approximate surface area is 200 Å². The molecule has 2 aromatic rings. The summed E-state index contributed by atoms with van der Waals surface area (Å²) in [4.78, 5) is 15.4. The molecule has 0 aliphatic carbocycles. The minimum atomic E-state index is -0.105. The van der Waals surface area contributed by atoms with Crippen molar-refractivity contribution in [1.82, 2.24) is 9.47 Å². The normalized spacial score (nSPS) is 22.0. The summed E-state index contributed by atoms with van der Waals surface area (Å²) in [6.07, 6.45) is 4.18. The van der Waals surface area contributed by atoms with Gasteiger partial charge in [-0.1, -0.05) is 6.07 Å². The van der Waals surface area contributed by atoms with E-state index in [-0.39, 0.29) is 24.6 Å². The Balaban J connectivity index is 1.32. The molecule has 3 aliphatic rings. The first-order valence-corrected chi connectivity index (χ1v) is 12.2. The van der Waals surface area contributed by atoms with Crippen LogP contribution in [0.15, 0.2) is 18.2 Å². The number of nitrogens with one attached hydrogen (secondary N) is 1. The molecule has 1 amide bonds. The van der Waals surface area contributed by atoms with E-state index >= 15 is 0 Å². The molecule has 2 saturated heterocycles. The maximum Gasteiger partial charge on any atom is 0.239 e. The summed E-state index contributed by atoms with van der Waals surface area (Å²) in [5, 5.41) is 12.9. The van der Waals surface area contributed by atoms with E-state index in [0.29, 0.717) is 31.1 Å². The van der Waals surface area contributed by atoms with Crippen molar-refractivity contribution in [3.8, 4) is 17.6 Å². The number of nitrogens with zero attached hydrogens (tertiary/aromatic N) is 3. The Hall–Kier alpha value is -3.02. The van der Waals surface area contributed by atoms with E-state index in [4.69, 9.17) is 14.2 Å². The molecule has 180 valence electrons. The van der Waals surface area contributed by atoms with E-state index < -0.39 is 0 Å². The topological polar surface area (TPSA) is 88.8 Å². The van der Waals surface area contributed by atoms with Crippen LogP contribution >= 0.6 is 0 Å². The molecular weight excluding hydrogens is 432 g/mol. The Morgan fingerprint density at radius 3 is 2.74 bits per heavy atom. The Morgan fingerprint density at radius 1 is 1.15 bits per heavy atom. The Morgan fingerprint density at radius 2 is 1.97 bits per heavy atom. The van der Waals surface area contributed by atoms with Crippen LogP contribution in [0.2, 0.25) is 0 Å². The minimum Gasteiger partial charge on any atom is -0.486 e. The SMILES string of the molecule is Cc1c(C#N)c(NC(=O)CN2CCCC2c2ccc3c(c2)OCCO3)n(CC2CCCO2)c1C. The number of hydrogen-bond acceptors (Lipinski definition) is 6. The molecule has 3 aliphatic heterocycles. The summed E-state index contributed by atoms with van der Waals surface area (Å²) in [7, 11) is 0. The van der Waals surface area contributed by atoms with Crippen LogP contribution in [0, 0.1) is 25.2 Å². The van der Waals surface area contributed by atoms with Crippen LogP contribution in [-0.4, -0.2) is 54.4 Å². The van der Waals surface area contributed by atoms with Crippen molar-refractivity contribution in [3.05, 3.63) is 40.6 Å². The molecule has 1 N–H and O–H groups in total. The van der Waals surface area contributed by atoms with Gasteiger partial charge in [0.05, 0.1) is 24.8 Å². The van der Waals surface area contributed by atoms with E-state index in [0.717, 1.165) is 67.2 Å². The summed E-state index contributed by atoms with van der Waals surface area (Å²) in [5.41, 5.74) is 3.58. The molecule has 0 radical (unpaired) electrons. The van der Waals surface area contributed by atoms with Gasteiger partial charge in [-0.2, -0.15) is 5.26 Å².